The molecule has 0 saturated carbocycles. The highest BCUT2D eigenvalue weighted by molar-refractivity contribution is 9.10. The molecule has 0 saturated heterocycles. The van der Waals surface area contributed by atoms with Crippen molar-refractivity contribution in [2.24, 2.45) is 0 Å². The molecule has 0 aromatic heterocycles. The van der Waals surface area contributed by atoms with Gasteiger partial charge in [-0.2, -0.15) is 0 Å². The van der Waals surface area contributed by atoms with Crippen molar-refractivity contribution in [2.75, 3.05) is 6.54 Å². The molecular weight excluding hydrogens is 293 g/mol. The molecule has 0 aliphatic carbocycles. The quantitative estimate of drug-likeness (QED) is 0.884. The normalized spacial score (nSPS) is 10.6. The molecule has 0 fully saturated rings. The second-order valence-electron chi connectivity index (χ2n) is 4.06. The van der Waals surface area contributed by atoms with Crippen molar-refractivity contribution in [1.82, 2.24) is 5.32 Å². The molecule has 2 rings (SSSR count). The van der Waals surface area contributed by atoms with E-state index in [-0.39, 0.29) is 5.82 Å². The van der Waals surface area contributed by atoms with Gasteiger partial charge in [0, 0.05) is 11.0 Å². The largest absolute Gasteiger partial charge is 0.313 e. The van der Waals surface area contributed by atoms with Gasteiger partial charge in [0.1, 0.15) is 5.82 Å². The molecule has 0 spiro atoms. The summed E-state index contributed by atoms with van der Waals surface area (Å²) in [6, 6.07) is 12.9. The maximum Gasteiger partial charge on any atom is 0.123 e. The highest BCUT2D eigenvalue weighted by atomic mass is 79.9. The molecule has 1 N–H and O–H groups in total. The third-order valence-electron chi connectivity index (χ3n) is 2.80. The summed E-state index contributed by atoms with van der Waals surface area (Å²) >= 11 is 3.54. The van der Waals surface area contributed by atoms with Crippen molar-refractivity contribution in [3.8, 4) is 11.1 Å². The van der Waals surface area contributed by atoms with Crippen LogP contribution in [0.5, 0.6) is 0 Å². The molecule has 0 aliphatic rings. The summed E-state index contributed by atoms with van der Waals surface area (Å²) in [4.78, 5) is 0. The highest BCUT2D eigenvalue weighted by Crippen LogP contribution is 2.31. The molecule has 18 heavy (non-hydrogen) atoms. The number of benzene rings is 2. The lowest BCUT2D eigenvalue weighted by Crippen LogP contribution is -2.12. The topological polar surface area (TPSA) is 12.0 Å². The zero-order valence-corrected chi connectivity index (χ0v) is 11.8. The Balaban J connectivity index is 2.46. The van der Waals surface area contributed by atoms with Crippen LogP contribution in [-0.4, -0.2) is 6.54 Å². The van der Waals surface area contributed by atoms with Crippen molar-refractivity contribution in [3.05, 3.63) is 58.3 Å². The smallest absolute Gasteiger partial charge is 0.123 e. The van der Waals surface area contributed by atoms with Crippen LogP contribution >= 0.6 is 15.9 Å². The second kappa shape index (κ2) is 6.12. The number of nitrogens with one attached hydrogen (secondary N) is 1. The highest BCUT2D eigenvalue weighted by Gasteiger charge is 2.08. The van der Waals surface area contributed by atoms with E-state index in [0.717, 1.165) is 27.7 Å². The standard InChI is InChI=1S/C15H15BrFN/c1-2-18-10-11-9-12(17)7-8-13(11)14-5-3-4-6-15(14)16/h3-9,18H,2,10H2,1H3. The van der Waals surface area contributed by atoms with Crippen molar-refractivity contribution in [2.45, 2.75) is 13.5 Å². The van der Waals surface area contributed by atoms with Gasteiger partial charge in [-0.3, -0.25) is 0 Å². The number of halogens is 2. The fraction of sp³-hybridized carbons (Fsp3) is 0.200. The predicted octanol–water partition coefficient (Wildman–Crippen LogP) is 4.36. The van der Waals surface area contributed by atoms with Crippen LogP contribution in [0, 0.1) is 5.82 Å². The molecule has 0 unspecified atom stereocenters. The van der Waals surface area contributed by atoms with E-state index in [1.54, 1.807) is 6.07 Å². The zero-order chi connectivity index (χ0) is 13.0. The van der Waals surface area contributed by atoms with Crippen LogP contribution in [0.4, 0.5) is 4.39 Å². The first-order valence-electron chi connectivity index (χ1n) is 5.96. The Bertz CT molecular complexity index is 540. The number of rotatable bonds is 4. The van der Waals surface area contributed by atoms with Gasteiger partial charge < -0.3 is 5.32 Å². The summed E-state index contributed by atoms with van der Waals surface area (Å²) in [5, 5.41) is 3.24. The Hall–Kier alpha value is -1.19. The summed E-state index contributed by atoms with van der Waals surface area (Å²) in [5.74, 6) is -0.196. The summed E-state index contributed by atoms with van der Waals surface area (Å²) in [6.07, 6.45) is 0. The van der Waals surface area contributed by atoms with E-state index < -0.39 is 0 Å². The summed E-state index contributed by atoms with van der Waals surface area (Å²) < 4.78 is 14.4. The molecule has 2 aromatic carbocycles. The minimum absolute atomic E-state index is 0.196. The summed E-state index contributed by atoms with van der Waals surface area (Å²) in [6.45, 7) is 3.58. The summed E-state index contributed by atoms with van der Waals surface area (Å²) in [5.41, 5.74) is 3.12. The molecule has 0 bridgehead atoms. The lowest BCUT2D eigenvalue weighted by Gasteiger charge is -2.12. The molecule has 1 nitrogen and oxygen atoms in total. The van der Waals surface area contributed by atoms with Crippen molar-refractivity contribution in [3.63, 3.8) is 0 Å². The SMILES string of the molecule is CCNCc1cc(F)ccc1-c1ccccc1Br. The molecule has 0 radical (unpaired) electrons. The van der Waals surface area contributed by atoms with Gasteiger partial charge in [0.05, 0.1) is 0 Å². The number of hydrogen-bond donors (Lipinski definition) is 1. The molecule has 3 heteroatoms. The van der Waals surface area contributed by atoms with E-state index in [1.807, 2.05) is 37.3 Å². The average Bonchev–Trinajstić information content (AvgIpc) is 2.37. The molecule has 0 heterocycles. The molecule has 2 aromatic rings. The van der Waals surface area contributed by atoms with Gasteiger partial charge in [-0.05, 0) is 41.4 Å². The van der Waals surface area contributed by atoms with E-state index in [9.17, 15) is 4.39 Å². The van der Waals surface area contributed by atoms with Gasteiger partial charge in [0.15, 0.2) is 0 Å². The fourth-order valence-corrected chi connectivity index (χ4v) is 2.41. The van der Waals surface area contributed by atoms with Gasteiger partial charge in [-0.15, -0.1) is 0 Å². The summed E-state index contributed by atoms with van der Waals surface area (Å²) in [7, 11) is 0. The van der Waals surface area contributed by atoms with Crippen LogP contribution in [0.15, 0.2) is 46.9 Å². The van der Waals surface area contributed by atoms with E-state index in [2.05, 4.69) is 21.2 Å². The van der Waals surface area contributed by atoms with Gasteiger partial charge in [0.25, 0.3) is 0 Å². The van der Waals surface area contributed by atoms with Crippen LogP contribution in [0.1, 0.15) is 12.5 Å². The Kier molecular flexibility index (Phi) is 4.50. The van der Waals surface area contributed by atoms with Gasteiger partial charge in [-0.1, -0.05) is 47.1 Å². The van der Waals surface area contributed by atoms with Crippen LogP contribution in [-0.2, 0) is 6.54 Å². The first-order chi connectivity index (χ1) is 8.72. The molecule has 94 valence electrons. The third-order valence-corrected chi connectivity index (χ3v) is 3.49. The van der Waals surface area contributed by atoms with Crippen molar-refractivity contribution >= 4 is 15.9 Å². The van der Waals surface area contributed by atoms with Gasteiger partial charge in [-0.25, -0.2) is 4.39 Å². The Labute approximate surface area is 115 Å². The molecular formula is C15H15BrFN. The van der Waals surface area contributed by atoms with E-state index in [4.69, 9.17) is 0 Å². The van der Waals surface area contributed by atoms with E-state index in [0.29, 0.717) is 6.54 Å². The molecule has 0 atom stereocenters. The Morgan fingerprint density at radius 2 is 1.89 bits per heavy atom. The van der Waals surface area contributed by atoms with Crippen LogP contribution in [0.3, 0.4) is 0 Å². The first-order valence-corrected chi connectivity index (χ1v) is 6.75. The van der Waals surface area contributed by atoms with E-state index >= 15 is 0 Å². The Morgan fingerprint density at radius 3 is 2.61 bits per heavy atom. The second-order valence-corrected chi connectivity index (χ2v) is 4.92. The zero-order valence-electron chi connectivity index (χ0n) is 10.2. The third kappa shape index (κ3) is 2.98. The van der Waals surface area contributed by atoms with Gasteiger partial charge >= 0.3 is 0 Å². The lowest BCUT2D eigenvalue weighted by molar-refractivity contribution is 0.622. The lowest BCUT2D eigenvalue weighted by atomic mass is 9.99. The number of hydrogen-bond acceptors (Lipinski definition) is 1. The maximum absolute atomic E-state index is 13.4. The van der Waals surface area contributed by atoms with Crippen molar-refractivity contribution in [1.29, 1.82) is 0 Å². The monoisotopic (exact) mass is 307 g/mol. The van der Waals surface area contributed by atoms with Crippen LogP contribution in [0.25, 0.3) is 11.1 Å². The van der Waals surface area contributed by atoms with Crippen LogP contribution in [0.2, 0.25) is 0 Å². The fourth-order valence-electron chi connectivity index (χ4n) is 1.91. The minimum atomic E-state index is -0.196. The molecule has 0 amide bonds. The van der Waals surface area contributed by atoms with Gasteiger partial charge in [0.2, 0.25) is 0 Å². The van der Waals surface area contributed by atoms with Crippen LogP contribution < -0.4 is 5.32 Å². The Morgan fingerprint density at radius 1 is 1.11 bits per heavy atom. The average molecular weight is 308 g/mol. The minimum Gasteiger partial charge on any atom is -0.313 e. The predicted molar refractivity (Wildman–Crippen MR) is 76.9 cm³/mol. The first kappa shape index (κ1) is 13.2. The van der Waals surface area contributed by atoms with Crippen molar-refractivity contribution < 1.29 is 4.39 Å². The molecule has 0 aliphatic heterocycles. The maximum atomic E-state index is 13.4. The van der Waals surface area contributed by atoms with E-state index in [1.165, 1.54) is 6.07 Å².